The first-order valence-corrected chi connectivity index (χ1v) is 8.38. The maximum Gasteiger partial charge on any atom is 0.191 e. The molecular formula is C15H27Cl2N5. The molecule has 126 valence electrons. The Morgan fingerprint density at radius 3 is 2.41 bits per heavy atom. The number of hydrogen-bond acceptors (Lipinski definition) is 2. The Morgan fingerprint density at radius 2 is 1.95 bits per heavy atom. The molecule has 0 aliphatic carbocycles. The second kappa shape index (κ2) is 9.28. The number of halogens is 2. The van der Waals surface area contributed by atoms with Gasteiger partial charge in [-0.25, -0.2) is 0 Å². The van der Waals surface area contributed by atoms with E-state index in [4.69, 9.17) is 23.2 Å². The van der Waals surface area contributed by atoms with Crippen molar-refractivity contribution in [3.05, 3.63) is 21.9 Å². The van der Waals surface area contributed by atoms with Crippen molar-refractivity contribution in [1.82, 2.24) is 20.1 Å². The Hall–Kier alpha value is -0.910. The topological polar surface area (TPSA) is 44.6 Å². The third-order valence-electron chi connectivity index (χ3n) is 3.88. The molecule has 1 aromatic heterocycles. The predicted octanol–water partition coefficient (Wildman–Crippen LogP) is 2.73. The van der Waals surface area contributed by atoms with Crippen LogP contribution in [0.25, 0.3) is 0 Å². The molecule has 0 bridgehead atoms. The smallest absolute Gasteiger partial charge is 0.191 e. The lowest BCUT2D eigenvalue weighted by Gasteiger charge is -2.27. The third kappa shape index (κ3) is 5.07. The van der Waals surface area contributed by atoms with Crippen molar-refractivity contribution in [2.75, 3.05) is 26.7 Å². The van der Waals surface area contributed by atoms with Gasteiger partial charge in [-0.1, -0.05) is 37.0 Å². The molecule has 0 aromatic carbocycles. The zero-order valence-electron chi connectivity index (χ0n) is 14.1. The van der Waals surface area contributed by atoms with Gasteiger partial charge in [-0.2, -0.15) is 0 Å². The third-order valence-corrected chi connectivity index (χ3v) is 4.72. The van der Waals surface area contributed by atoms with Gasteiger partial charge in [-0.15, -0.1) is 0 Å². The molecule has 0 aliphatic rings. The average Bonchev–Trinajstić information content (AvgIpc) is 2.76. The lowest BCUT2D eigenvalue weighted by molar-refractivity contribution is 0.231. The van der Waals surface area contributed by atoms with Gasteiger partial charge >= 0.3 is 0 Å². The fraction of sp³-hybridized carbons (Fsp3) is 0.667. The molecule has 1 rings (SSSR count). The van der Waals surface area contributed by atoms with Crippen LogP contribution in [0.4, 0.5) is 0 Å². The van der Waals surface area contributed by atoms with E-state index in [0.29, 0.717) is 22.8 Å². The van der Waals surface area contributed by atoms with Crippen molar-refractivity contribution in [3.63, 3.8) is 0 Å². The molecule has 1 heterocycles. The summed E-state index contributed by atoms with van der Waals surface area (Å²) in [5, 5.41) is 7.75. The lowest BCUT2D eigenvalue weighted by atomic mass is 10.3. The fourth-order valence-corrected chi connectivity index (χ4v) is 2.79. The van der Waals surface area contributed by atoms with Crippen LogP contribution in [0.1, 0.15) is 26.5 Å². The van der Waals surface area contributed by atoms with E-state index in [-0.39, 0.29) is 0 Å². The van der Waals surface area contributed by atoms with E-state index in [1.807, 2.05) is 17.7 Å². The standard InChI is InChI=1S/C15H27Cl2N5/c1-6-22(7-2)11(3)9-19-15(18-4)20-10-12-8-13(16)14(17)21(12)5/h8,11H,6-7,9-10H2,1-5H3,(H2,18,19,20). The molecule has 1 aromatic rings. The Morgan fingerprint density at radius 1 is 1.32 bits per heavy atom. The summed E-state index contributed by atoms with van der Waals surface area (Å²) < 4.78 is 1.86. The molecule has 0 spiro atoms. The largest absolute Gasteiger partial charge is 0.355 e. The van der Waals surface area contributed by atoms with E-state index in [0.717, 1.165) is 31.3 Å². The molecule has 0 saturated heterocycles. The van der Waals surface area contributed by atoms with E-state index < -0.39 is 0 Å². The first-order valence-electron chi connectivity index (χ1n) is 7.62. The summed E-state index contributed by atoms with van der Waals surface area (Å²) in [6.07, 6.45) is 0. The van der Waals surface area contributed by atoms with Gasteiger partial charge in [-0.3, -0.25) is 9.89 Å². The number of aromatic nitrogens is 1. The van der Waals surface area contributed by atoms with E-state index in [9.17, 15) is 0 Å². The molecular weight excluding hydrogens is 321 g/mol. The van der Waals surface area contributed by atoms with Crippen LogP contribution in [0.2, 0.25) is 10.2 Å². The molecule has 0 radical (unpaired) electrons. The minimum absolute atomic E-state index is 0.451. The highest BCUT2D eigenvalue weighted by atomic mass is 35.5. The van der Waals surface area contributed by atoms with Crippen LogP contribution in [0.3, 0.4) is 0 Å². The van der Waals surface area contributed by atoms with Crippen LogP contribution >= 0.6 is 23.2 Å². The zero-order chi connectivity index (χ0) is 16.7. The molecule has 5 nitrogen and oxygen atoms in total. The normalized spacial score (nSPS) is 13.5. The number of nitrogens with one attached hydrogen (secondary N) is 2. The van der Waals surface area contributed by atoms with Crippen LogP contribution in [0, 0.1) is 0 Å². The van der Waals surface area contributed by atoms with Crippen LogP contribution in [0.15, 0.2) is 11.1 Å². The first kappa shape index (κ1) is 19.1. The SMILES string of the molecule is CCN(CC)C(C)CNC(=NC)NCc1cc(Cl)c(Cl)n1C. The molecule has 22 heavy (non-hydrogen) atoms. The summed E-state index contributed by atoms with van der Waals surface area (Å²) in [4.78, 5) is 6.65. The van der Waals surface area contributed by atoms with Gasteiger partial charge in [0.05, 0.1) is 11.6 Å². The average molecular weight is 348 g/mol. The van der Waals surface area contributed by atoms with E-state index in [1.54, 1.807) is 7.05 Å². The lowest BCUT2D eigenvalue weighted by Crippen LogP contribution is -2.45. The highest BCUT2D eigenvalue weighted by Crippen LogP contribution is 2.24. The number of hydrogen-bond donors (Lipinski definition) is 2. The Labute approximate surface area is 143 Å². The molecule has 1 unspecified atom stereocenters. The number of nitrogens with zero attached hydrogens (tertiary/aromatic N) is 3. The van der Waals surface area contributed by atoms with Gasteiger partial charge in [0.1, 0.15) is 5.15 Å². The van der Waals surface area contributed by atoms with Crippen molar-refractivity contribution in [3.8, 4) is 0 Å². The van der Waals surface area contributed by atoms with Gasteiger partial charge in [0.15, 0.2) is 5.96 Å². The summed E-state index contributed by atoms with van der Waals surface area (Å²) in [5.41, 5.74) is 1.01. The second-order valence-corrected chi connectivity index (χ2v) is 5.98. The maximum atomic E-state index is 6.07. The summed E-state index contributed by atoms with van der Waals surface area (Å²) in [6, 6.07) is 2.32. The minimum atomic E-state index is 0.451. The van der Waals surface area contributed by atoms with Gasteiger partial charge in [0.2, 0.25) is 0 Å². The van der Waals surface area contributed by atoms with E-state index >= 15 is 0 Å². The number of aliphatic imine (C=N–C) groups is 1. The van der Waals surface area contributed by atoms with Crippen molar-refractivity contribution in [2.24, 2.45) is 12.0 Å². The summed E-state index contributed by atoms with van der Waals surface area (Å²) in [7, 11) is 3.66. The van der Waals surface area contributed by atoms with Crippen molar-refractivity contribution < 1.29 is 0 Å². The van der Waals surface area contributed by atoms with Crippen molar-refractivity contribution >= 4 is 29.2 Å². The summed E-state index contributed by atoms with van der Waals surface area (Å²) in [5.74, 6) is 0.771. The zero-order valence-corrected chi connectivity index (χ0v) is 15.6. The number of likely N-dealkylation sites (N-methyl/N-ethyl adjacent to an activating group) is 1. The molecule has 1 atom stereocenters. The van der Waals surface area contributed by atoms with Crippen molar-refractivity contribution in [1.29, 1.82) is 0 Å². The Balaban J connectivity index is 2.51. The highest BCUT2D eigenvalue weighted by Gasteiger charge is 2.12. The van der Waals surface area contributed by atoms with Gasteiger partial charge in [0, 0.05) is 32.4 Å². The van der Waals surface area contributed by atoms with Crippen LogP contribution in [-0.4, -0.2) is 48.2 Å². The molecule has 0 amide bonds. The molecule has 2 N–H and O–H groups in total. The highest BCUT2D eigenvalue weighted by molar-refractivity contribution is 6.41. The quantitative estimate of drug-likeness (QED) is 0.588. The second-order valence-electron chi connectivity index (χ2n) is 5.21. The minimum Gasteiger partial charge on any atom is -0.355 e. The van der Waals surface area contributed by atoms with Gasteiger partial charge < -0.3 is 15.2 Å². The van der Waals surface area contributed by atoms with E-state index in [1.165, 1.54) is 0 Å². The molecule has 0 aliphatic heterocycles. The van der Waals surface area contributed by atoms with E-state index in [2.05, 4.69) is 41.3 Å². The summed E-state index contributed by atoms with van der Waals surface area (Å²) >= 11 is 12.1. The Bertz CT molecular complexity index is 494. The number of guanidine groups is 1. The first-order chi connectivity index (χ1) is 10.4. The maximum absolute atomic E-state index is 6.07. The van der Waals surface area contributed by atoms with Crippen molar-refractivity contribution in [2.45, 2.75) is 33.4 Å². The predicted molar refractivity (Wildman–Crippen MR) is 96.0 cm³/mol. The van der Waals surface area contributed by atoms with Gasteiger partial charge in [0.25, 0.3) is 0 Å². The monoisotopic (exact) mass is 347 g/mol. The van der Waals surface area contributed by atoms with Gasteiger partial charge in [-0.05, 0) is 26.1 Å². The van der Waals surface area contributed by atoms with Crippen LogP contribution < -0.4 is 10.6 Å². The molecule has 7 heteroatoms. The Kier molecular flexibility index (Phi) is 8.07. The molecule has 0 fully saturated rings. The van der Waals surface area contributed by atoms with Crippen LogP contribution in [0.5, 0.6) is 0 Å². The number of rotatable bonds is 7. The van der Waals surface area contributed by atoms with Crippen LogP contribution in [-0.2, 0) is 13.6 Å². The fourth-order valence-electron chi connectivity index (χ4n) is 2.37. The molecule has 0 saturated carbocycles. The summed E-state index contributed by atoms with van der Waals surface area (Å²) in [6.45, 7) is 10.1.